The third-order valence-electron chi connectivity index (χ3n) is 11.0. The molecule has 2 unspecified atom stereocenters. The average Bonchev–Trinajstić information content (AvgIpc) is 4.20. The minimum atomic E-state index is -1.53. The number of anilines is 2. The number of carbonyl (C=O) groups is 2. The van der Waals surface area contributed by atoms with E-state index in [9.17, 15) is 9.59 Å². The molecule has 0 saturated carbocycles. The molecule has 75 heavy (non-hydrogen) atoms. The highest BCUT2D eigenvalue weighted by atomic mass is 35.5. The summed E-state index contributed by atoms with van der Waals surface area (Å²) in [5.74, 6) is -0.616. The molecule has 2 aromatic carbocycles. The first kappa shape index (κ1) is 56.1. The van der Waals surface area contributed by atoms with Gasteiger partial charge in [0, 0.05) is 30.2 Å². The first-order valence-corrected chi connectivity index (χ1v) is 25.1. The second-order valence-electron chi connectivity index (χ2n) is 16.2. The predicted octanol–water partition coefficient (Wildman–Crippen LogP) is 9.26. The normalized spacial score (nSPS) is 15.8. The van der Waals surface area contributed by atoms with E-state index >= 15 is 0 Å². The number of amides is 2. The summed E-state index contributed by atoms with van der Waals surface area (Å²) in [5.41, 5.74) is 4.74. The van der Waals surface area contributed by atoms with Gasteiger partial charge in [-0.05, 0) is 134 Å². The standard InChI is InChI=1S/C19H18ClN5O2.C10H10Cl2N4O.C9H10BNO3.C5H2Cl2N4.C5H8O/c1-2-15(26)22-13-7-5-6-12(10-13)17-14-11-21-25(16-8-3-4-9-27-16)18(14)24-19(20)23-17;11-8-6-5-13-16(7-3-1-2-4-17-7)9(6)15-10(12)14-8;1-2-9(12)11-8-5-3-4-7(6-8)10(13)14;6-3-2-1-8-11-4(2)10-5(7)9-3;1-2-4-6-5-3-1/h2,5-7,10-11,16H,1,3-4,8-9H2,(H,22,26);5,7H,1-4H2;2-6,13-14H,1H2,(H,11,12);1H,(H,8,9,10,11);2,4H,1,3,5H2. The predicted molar refractivity (Wildman–Crippen MR) is 289 cm³/mol. The zero-order valence-corrected chi connectivity index (χ0v) is 43.6. The monoisotopic (exact) mass is 1120 g/mol. The summed E-state index contributed by atoms with van der Waals surface area (Å²) in [6.45, 7) is 9.14. The van der Waals surface area contributed by atoms with E-state index in [1.165, 1.54) is 25.0 Å². The van der Waals surface area contributed by atoms with Crippen LogP contribution in [0.4, 0.5) is 11.4 Å². The van der Waals surface area contributed by atoms with Gasteiger partial charge in [0.25, 0.3) is 0 Å². The van der Waals surface area contributed by atoms with Gasteiger partial charge in [0.05, 0.1) is 53.3 Å². The van der Waals surface area contributed by atoms with E-state index in [1.54, 1.807) is 58.5 Å². The van der Waals surface area contributed by atoms with E-state index in [0.29, 0.717) is 67.2 Å². The summed E-state index contributed by atoms with van der Waals surface area (Å²) in [4.78, 5) is 46.9. The highest BCUT2D eigenvalue weighted by Gasteiger charge is 2.23. The zero-order chi connectivity index (χ0) is 53.3. The Balaban J connectivity index is 0.000000147. The maximum atomic E-state index is 11.6. The van der Waals surface area contributed by atoms with Gasteiger partial charge in [-0.1, -0.05) is 60.6 Å². The summed E-state index contributed by atoms with van der Waals surface area (Å²) in [6, 6.07) is 13.7. The van der Waals surface area contributed by atoms with Crippen LogP contribution in [0, 0.1) is 0 Å². The van der Waals surface area contributed by atoms with Gasteiger partial charge in [0.1, 0.15) is 10.3 Å². The number of halogens is 5. The number of hydrogen-bond donors (Lipinski definition) is 5. The Bertz CT molecular complexity index is 3270. The number of aromatic nitrogens is 12. The van der Waals surface area contributed by atoms with Gasteiger partial charge < -0.3 is 34.9 Å². The van der Waals surface area contributed by atoms with Gasteiger partial charge in [-0.3, -0.25) is 14.7 Å². The molecule has 2 atom stereocenters. The summed E-state index contributed by atoms with van der Waals surface area (Å²) < 4.78 is 19.9. The Kier molecular flexibility index (Phi) is 20.8. The highest BCUT2D eigenvalue weighted by Crippen LogP contribution is 2.33. The van der Waals surface area contributed by atoms with Crippen LogP contribution < -0.4 is 16.1 Å². The van der Waals surface area contributed by atoms with E-state index in [-0.39, 0.29) is 40.1 Å². The number of benzene rings is 2. The van der Waals surface area contributed by atoms with Gasteiger partial charge >= 0.3 is 7.12 Å². The number of ether oxygens (including phenoxy) is 3. The number of allylic oxidation sites excluding steroid dienone is 1. The second kappa shape index (κ2) is 27.8. The molecule has 2 amide bonds. The van der Waals surface area contributed by atoms with Crippen LogP contribution >= 0.6 is 58.0 Å². The molecule has 2 saturated heterocycles. The minimum absolute atomic E-state index is 0.0803. The van der Waals surface area contributed by atoms with Crippen molar-refractivity contribution in [1.29, 1.82) is 0 Å². The van der Waals surface area contributed by atoms with Crippen molar-refractivity contribution >= 4 is 127 Å². The third-order valence-corrected chi connectivity index (χ3v) is 12.0. The van der Waals surface area contributed by atoms with Crippen molar-refractivity contribution in [1.82, 2.24) is 59.7 Å². The van der Waals surface area contributed by atoms with Gasteiger partial charge in [0.15, 0.2) is 29.4 Å². The topological polar surface area (TPSA) is 268 Å². The van der Waals surface area contributed by atoms with Gasteiger partial charge in [-0.25, -0.2) is 24.3 Å². The van der Waals surface area contributed by atoms with E-state index in [4.69, 9.17) is 82.3 Å². The Morgan fingerprint density at radius 3 is 1.80 bits per heavy atom. The first-order valence-electron chi connectivity index (χ1n) is 23.2. The van der Waals surface area contributed by atoms with Crippen LogP contribution in [0.25, 0.3) is 44.4 Å². The van der Waals surface area contributed by atoms with Gasteiger partial charge in [0.2, 0.25) is 27.7 Å². The van der Waals surface area contributed by atoms with Crippen LogP contribution in [-0.4, -0.2) is 108 Å². The number of H-pyrrole nitrogens is 1. The lowest BCUT2D eigenvalue weighted by Crippen LogP contribution is -2.29. The van der Waals surface area contributed by atoms with Crippen LogP contribution in [0.3, 0.4) is 0 Å². The molecule has 27 heteroatoms. The number of aromatic amines is 1. The first-order chi connectivity index (χ1) is 36.3. The number of rotatable bonds is 8. The van der Waals surface area contributed by atoms with Crippen molar-refractivity contribution in [2.75, 3.05) is 30.5 Å². The molecule has 0 bridgehead atoms. The molecule has 21 nitrogen and oxygen atoms in total. The van der Waals surface area contributed by atoms with Crippen LogP contribution in [0.1, 0.15) is 63.8 Å². The Labute approximate surface area is 454 Å². The van der Waals surface area contributed by atoms with Crippen molar-refractivity contribution in [2.24, 2.45) is 0 Å². The molecule has 0 spiro atoms. The molecular formula is C48H48BCl5N14O7. The average molecular weight is 1120 g/mol. The maximum Gasteiger partial charge on any atom is 0.488 e. The Morgan fingerprint density at radius 1 is 0.680 bits per heavy atom. The fourth-order valence-corrected chi connectivity index (χ4v) is 8.43. The fourth-order valence-electron chi connectivity index (χ4n) is 7.41. The molecule has 390 valence electrons. The lowest BCUT2D eigenvalue weighted by Gasteiger charge is -2.23. The van der Waals surface area contributed by atoms with Crippen molar-refractivity contribution < 1.29 is 33.8 Å². The second-order valence-corrected chi connectivity index (χ2v) is 17.9. The maximum absolute atomic E-state index is 11.6. The molecule has 2 fully saturated rings. The third kappa shape index (κ3) is 15.7. The van der Waals surface area contributed by atoms with E-state index in [1.807, 2.05) is 24.3 Å². The van der Waals surface area contributed by atoms with Crippen molar-refractivity contribution in [3.05, 3.63) is 131 Å². The number of hydrogen-bond acceptors (Lipinski definition) is 16. The molecule has 5 N–H and O–H groups in total. The molecule has 3 aliphatic rings. The lowest BCUT2D eigenvalue weighted by atomic mass is 9.80. The quantitative estimate of drug-likeness (QED) is 0.0410. The number of carbonyl (C=O) groups excluding carboxylic acids is 2. The summed E-state index contributed by atoms with van der Waals surface area (Å²) >= 11 is 29.2. The molecule has 6 aromatic heterocycles. The molecule has 8 aromatic rings. The molecule has 0 radical (unpaired) electrons. The molecule has 0 aliphatic carbocycles. The van der Waals surface area contributed by atoms with Crippen LogP contribution in [0.5, 0.6) is 0 Å². The van der Waals surface area contributed by atoms with E-state index in [0.717, 1.165) is 68.8 Å². The van der Waals surface area contributed by atoms with E-state index < -0.39 is 7.12 Å². The molecule has 3 aliphatic heterocycles. The minimum Gasteiger partial charge on any atom is -0.502 e. The summed E-state index contributed by atoms with van der Waals surface area (Å²) in [7, 11) is -1.53. The summed E-state index contributed by atoms with van der Waals surface area (Å²) in [6.07, 6.45) is 19.4. The van der Waals surface area contributed by atoms with Crippen molar-refractivity contribution in [2.45, 2.75) is 63.8 Å². The highest BCUT2D eigenvalue weighted by molar-refractivity contribution is 6.58. The number of nitrogens with zero attached hydrogens (tertiary/aromatic N) is 11. The smallest absolute Gasteiger partial charge is 0.488 e. The Morgan fingerprint density at radius 2 is 1.25 bits per heavy atom. The summed E-state index contributed by atoms with van der Waals surface area (Å²) in [5, 5.41) is 41.3. The largest absolute Gasteiger partial charge is 0.502 e. The SMILES string of the molecule is C1=COCCC1.C=CC(=O)Nc1cccc(-c2nc(Cl)nc3c2cnn3C2CCCCO2)c1.C=CC(=O)Nc1cccc(B(O)O)c1.Clc1nc(Cl)c2cn[nH]c2n1.Clc1nc(Cl)c2cnn(C3CCCCO3)c2n1. The number of nitrogens with one attached hydrogen (secondary N) is 3. The van der Waals surface area contributed by atoms with E-state index in [2.05, 4.69) is 74.1 Å². The van der Waals surface area contributed by atoms with Crippen molar-refractivity contribution in [3.63, 3.8) is 0 Å². The molecular weight excluding hydrogens is 1070 g/mol. The van der Waals surface area contributed by atoms with Crippen molar-refractivity contribution in [3.8, 4) is 11.3 Å². The lowest BCUT2D eigenvalue weighted by molar-refractivity contribution is -0.112. The van der Waals surface area contributed by atoms with Crippen LogP contribution in [0.15, 0.2) is 105 Å². The molecule has 11 rings (SSSR count). The van der Waals surface area contributed by atoms with Crippen LogP contribution in [0.2, 0.25) is 26.2 Å². The fraction of sp³-hybridized carbons (Fsp3) is 0.271. The Hall–Kier alpha value is -6.60. The van der Waals surface area contributed by atoms with Gasteiger partial charge in [-0.2, -0.15) is 30.2 Å². The van der Waals surface area contributed by atoms with Gasteiger partial charge in [-0.15, -0.1) is 0 Å². The zero-order valence-electron chi connectivity index (χ0n) is 39.8. The van der Waals surface area contributed by atoms with Crippen LogP contribution in [-0.2, 0) is 23.8 Å². The number of fused-ring (bicyclic) bond motifs is 3. The molecule has 9 heterocycles.